The Morgan fingerprint density at radius 2 is 2.14 bits per heavy atom. The third-order valence-corrected chi connectivity index (χ3v) is 6.12. The van der Waals surface area contributed by atoms with Gasteiger partial charge in [0.25, 0.3) is 5.91 Å². The van der Waals surface area contributed by atoms with Crippen LogP contribution < -0.4 is 10.1 Å². The number of urea groups is 1. The summed E-state index contributed by atoms with van der Waals surface area (Å²) < 4.78 is 18.9. The van der Waals surface area contributed by atoms with Crippen LogP contribution in [0, 0.1) is 11.7 Å². The van der Waals surface area contributed by atoms with Crippen molar-refractivity contribution in [2.45, 2.75) is 51.6 Å². The van der Waals surface area contributed by atoms with Gasteiger partial charge in [-0.2, -0.15) is 0 Å². The maximum absolute atomic E-state index is 13.9. The van der Waals surface area contributed by atoms with Crippen LogP contribution in [0.15, 0.2) is 18.2 Å². The van der Waals surface area contributed by atoms with Crippen molar-refractivity contribution in [3.05, 3.63) is 29.6 Å². The zero-order valence-electron chi connectivity index (χ0n) is 17.2. The van der Waals surface area contributed by atoms with E-state index in [0.717, 1.165) is 24.2 Å². The summed E-state index contributed by atoms with van der Waals surface area (Å²) in [5, 5.41) is 2.85. The highest BCUT2D eigenvalue weighted by Crippen LogP contribution is 2.38. The highest BCUT2D eigenvalue weighted by atomic mass is 19.1. The first kappa shape index (κ1) is 21.1. The molecule has 1 saturated heterocycles. The van der Waals surface area contributed by atoms with Crippen molar-refractivity contribution in [3.8, 4) is 5.75 Å². The molecule has 1 heterocycles. The molecule has 2 fully saturated rings. The lowest BCUT2D eigenvalue weighted by Crippen LogP contribution is -2.54. The number of halogens is 1. The van der Waals surface area contributed by atoms with Crippen molar-refractivity contribution in [2.24, 2.45) is 5.92 Å². The van der Waals surface area contributed by atoms with E-state index in [1.54, 1.807) is 13.0 Å². The average Bonchev–Trinajstić information content (AvgIpc) is 2.93. The van der Waals surface area contributed by atoms with Crippen LogP contribution in [0.25, 0.3) is 0 Å². The third-order valence-electron chi connectivity index (χ3n) is 6.12. The van der Waals surface area contributed by atoms with Gasteiger partial charge in [-0.05, 0) is 43.4 Å². The van der Waals surface area contributed by atoms with Crippen molar-refractivity contribution >= 4 is 17.8 Å². The van der Waals surface area contributed by atoms with Gasteiger partial charge in [0.05, 0.1) is 7.11 Å². The second-order valence-electron chi connectivity index (χ2n) is 7.82. The number of hydrogen-bond donors (Lipinski definition) is 1. The first-order chi connectivity index (χ1) is 13.8. The van der Waals surface area contributed by atoms with Crippen LogP contribution in [0.3, 0.4) is 0 Å². The number of nitrogens with one attached hydrogen (secondary N) is 1. The van der Waals surface area contributed by atoms with Crippen molar-refractivity contribution in [1.29, 1.82) is 0 Å². The van der Waals surface area contributed by atoms with Crippen LogP contribution in [0.4, 0.5) is 9.18 Å². The Morgan fingerprint density at radius 3 is 2.76 bits per heavy atom. The van der Waals surface area contributed by atoms with Gasteiger partial charge in [0.1, 0.15) is 12.1 Å². The maximum atomic E-state index is 13.9. The summed E-state index contributed by atoms with van der Waals surface area (Å²) >= 11 is 0. The molecular formula is C21H28FN3O4. The molecule has 29 heavy (non-hydrogen) atoms. The highest BCUT2D eigenvalue weighted by molar-refractivity contribution is 6.09. The molecule has 1 N–H and O–H groups in total. The predicted octanol–water partition coefficient (Wildman–Crippen LogP) is 2.68. The summed E-state index contributed by atoms with van der Waals surface area (Å²) in [5.41, 5.74) is -0.278. The molecule has 3 rings (SSSR count). The fourth-order valence-corrected chi connectivity index (χ4v) is 4.28. The molecule has 1 spiro atoms. The quantitative estimate of drug-likeness (QED) is 0.738. The second-order valence-corrected chi connectivity index (χ2v) is 7.82. The van der Waals surface area contributed by atoms with E-state index in [2.05, 4.69) is 5.32 Å². The Morgan fingerprint density at radius 1 is 1.38 bits per heavy atom. The van der Waals surface area contributed by atoms with Gasteiger partial charge in [-0.25, -0.2) is 9.18 Å². The van der Waals surface area contributed by atoms with Crippen molar-refractivity contribution in [3.63, 3.8) is 0 Å². The lowest BCUT2D eigenvalue weighted by Gasteiger charge is -2.36. The van der Waals surface area contributed by atoms with Crippen LogP contribution in [-0.4, -0.2) is 53.4 Å². The van der Waals surface area contributed by atoms with E-state index in [4.69, 9.17) is 4.74 Å². The van der Waals surface area contributed by atoms with Crippen molar-refractivity contribution in [1.82, 2.24) is 15.1 Å². The predicted molar refractivity (Wildman–Crippen MR) is 105 cm³/mol. The van der Waals surface area contributed by atoms with Crippen LogP contribution in [-0.2, 0) is 16.1 Å². The Balaban J connectivity index is 1.70. The molecule has 1 aliphatic heterocycles. The Bertz CT molecular complexity index is 815. The van der Waals surface area contributed by atoms with Gasteiger partial charge in [-0.15, -0.1) is 0 Å². The molecule has 1 saturated carbocycles. The van der Waals surface area contributed by atoms with E-state index in [9.17, 15) is 18.8 Å². The summed E-state index contributed by atoms with van der Waals surface area (Å²) in [6.07, 6.45) is 3.39. The number of nitrogens with zero attached hydrogens (tertiary/aromatic N) is 2. The molecule has 7 nitrogen and oxygen atoms in total. The van der Waals surface area contributed by atoms with Gasteiger partial charge >= 0.3 is 6.03 Å². The van der Waals surface area contributed by atoms with E-state index in [-0.39, 0.29) is 36.6 Å². The second kappa shape index (κ2) is 8.39. The molecule has 2 unspecified atom stereocenters. The molecule has 0 aromatic heterocycles. The molecule has 2 aliphatic rings. The number of methoxy groups -OCH3 is 1. The molecule has 158 valence electrons. The highest BCUT2D eigenvalue weighted by Gasteiger charge is 2.55. The van der Waals surface area contributed by atoms with Crippen molar-refractivity contribution in [2.75, 3.05) is 20.2 Å². The van der Waals surface area contributed by atoms with E-state index >= 15 is 0 Å². The Labute approximate surface area is 170 Å². The third kappa shape index (κ3) is 3.93. The monoisotopic (exact) mass is 405 g/mol. The van der Waals surface area contributed by atoms with Gasteiger partial charge in [-0.3, -0.25) is 14.5 Å². The van der Waals surface area contributed by atoms with Crippen LogP contribution in [0.2, 0.25) is 0 Å². The molecule has 0 radical (unpaired) electrons. The molecule has 0 bridgehead atoms. The SMILES string of the molecule is CCN(Cc1ccc(OC)c(F)c1)C(=O)CN1C(=O)NC2(CCCCC2C)C1=O. The smallest absolute Gasteiger partial charge is 0.325 e. The van der Waals surface area contributed by atoms with Crippen LogP contribution >= 0.6 is 0 Å². The fraction of sp³-hybridized carbons (Fsp3) is 0.571. The number of carbonyl (C=O) groups is 3. The Kier molecular flexibility index (Phi) is 6.10. The number of likely N-dealkylation sites (N-methyl/N-ethyl adjacent to an activating group) is 1. The van der Waals surface area contributed by atoms with E-state index in [1.165, 1.54) is 24.1 Å². The first-order valence-corrected chi connectivity index (χ1v) is 10.1. The molecule has 1 aromatic rings. The van der Waals surface area contributed by atoms with Gasteiger partial charge in [0.2, 0.25) is 5.91 Å². The Hall–Kier alpha value is -2.64. The molecule has 8 heteroatoms. The zero-order chi connectivity index (χ0) is 21.2. The summed E-state index contributed by atoms with van der Waals surface area (Å²) in [5.74, 6) is -0.995. The van der Waals surface area contributed by atoms with Gasteiger partial charge in [-0.1, -0.05) is 25.8 Å². The fourth-order valence-electron chi connectivity index (χ4n) is 4.28. The molecule has 1 aromatic carbocycles. The lowest BCUT2D eigenvalue weighted by atomic mass is 9.73. The molecule has 4 amide bonds. The maximum Gasteiger partial charge on any atom is 0.325 e. The van der Waals surface area contributed by atoms with E-state index in [0.29, 0.717) is 18.5 Å². The number of hydrogen-bond acceptors (Lipinski definition) is 4. The van der Waals surface area contributed by atoms with E-state index < -0.39 is 17.4 Å². The topological polar surface area (TPSA) is 79.0 Å². The summed E-state index contributed by atoms with van der Waals surface area (Å²) in [7, 11) is 1.39. The zero-order valence-corrected chi connectivity index (χ0v) is 17.2. The minimum absolute atomic E-state index is 0.0392. The lowest BCUT2D eigenvalue weighted by molar-refractivity contribution is -0.140. The standard InChI is InChI=1S/C21H28FN3O4/c1-4-24(12-15-8-9-17(29-3)16(22)11-15)18(26)13-25-19(27)21(23-20(25)28)10-6-5-7-14(21)2/h8-9,11,14H,4-7,10,12-13H2,1-3H3,(H,23,28). The largest absolute Gasteiger partial charge is 0.494 e. The van der Waals surface area contributed by atoms with Gasteiger partial charge in [0.15, 0.2) is 11.6 Å². The summed E-state index contributed by atoms with van der Waals surface area (Å²) in [6, 6.07) is 4.00. The van der Waals surface area contributed by atoms with E-state index in [1.807, 2.05) is 6.92 Å². The number of benzene rings is 1. The van der Waals surface area contributed by atoms with Gasteiger partial charge in [0, 0.05) is 13.1 Å². The summed E-state index contributed by atoms with van der Waals surface area (Å²) in [4.78, 5) is 40.9. The number of imide groups is 1. The van der Waals surface area contributed by atoms with Gasteiger partial charge < -0.3 is 15.0 Å². The molecular weight excluding hydrogens is 377 g/mol. The molecule has 1 aliphatic carbocycles. The van der Waals surface area contributed by atoms with Crippen molar-refractivity contribution < 1.29 is 23.5 Å². The normalized spacial score (nSPS) is 24.0. The minimum Gasteiger partial charge on any atom is -0.494 e. The number of carbonyl (C=O) groups excluding carboxylic acids is 3. The molecule has 2 atom stereocenters. The first-order valence-electron chi connectivity index (χ1n) is 10.1. The summed E-state index contributed by atoms with van der Waals surface area (Å²) in [6.45, 7) is 4.01. The average molecular weight is 405 g/mol. The number of ether oxygens (including phenoxy) is 1. The van der Waals surface area contributed by atoms with Crippen LogP contribution in [0.1, 0.15) is 45.1 Å². The minimum atomic E-state index is -0.883. The number of rotatable bonds is 6. The van der Waals surface area contributed by atoms with Crippen LogP contribution in [0.5, 0.6) is 5.75 Å². The number of amides is 4.